The van der Waals surface area contributed by atoms with Crippen LogP contribution in [0.3, 0.4) is 0 Å². The first-order valence-electron chi connectivity index (χ1n) is 5.87. The number of aromatic nitrogens is 3. The highest BCUT2D eigenvalue weighted by atomic mass is 19.4. The van der Waals surface area contributed by atoms with Crippen molar-refractivity contribution in [3.8, 4) is 0 Å². The molecule has 0 radical (unpaired) electrons. The molecule has 0 aliphatic heterocycles. The summed E-state index contributed by atoms with van der Waals surface area (Å²) in [6.07, 6.45) is -2.24. The van der Waals surface area contributed by atoms with Crippen molar-refractivity contribution in [1.29, 1.82) is 0 Å². The summed E-state index contributed by atoms with van der Waals surface area (Å²) in [6.45, 7) is 3.31. The van der Waals surface area contributed by atoms with Crippen LogP contribution < -0.4 is 5.32 Å². The van der Waals surface area contributed by atoms with Gasteiger partial charge in [-0.05, 0) is 23.8 Å². The molecular weight excluding hydrogens is 285 g/mol. The topological polar surface area (TPSA) is 70.7 Å². The van der Waals surface area contributed by atoms with Gasteiger partial charge in [-0.1, -0.05) is 18.7 Å². The van der Waals surface area contributed by atoms with Gasteiger partial charge in [0.05, 0.1) is 5.56 Å². The molecule has 0 aliphatic rings. The quantitative estimate of drug-likeness (QED) is 0.850. The van der Waals surface area contributed by atoms with Gasteiger partial charge in [-0.2, -0.15) is 18.3 Å². The molecule has 1 atom stereocenters. The highest BCUT2D eigenvalue weighted by molar-refractivity contribution is 5.87. The Morgan fingerprint density at radius 2 is 2.19 bits per heavy atom. The van der Waals surface area contributed by atoms with Gasteiger partial charge in [0, 0.05) is 0 Å². The van der Waals surface area contributed by atoms with Crippen LogP contribution in [0.5, 0.6) is 0 Å². The van der Waals surface area contributed by atoms with Crippen LogP contribution in [0, 0.1) is 0 Å². The normalized spacial score (nSPS) is 12.7. The smallest absolute Gasteiger partial charge is 0.338 e. The maximum absolute atomic E-state index is 12.8. The zero-order valence-corrected chi connectivity index (χ0v) is 10.7. The van der Waals surface area contributed by atoms with Crippen LogP contribution in [0.4, 0.5) is 13.2 Å². The van der Waals surface area contributed by atoms with E-state index < -0.39 is 23.7 Å². The first-order valence-corrected chi connectivity index (χ1v) is 5.87. The summed E-state index contributed by atoms with van der Waals surface area (Å²) >= 11 is 0. The third kappa shape index (κ3) is 3.47. The molecule has 2 rings (SSSR count). The Morgan fingerprint density at radius 3 is 2.76 bits per heavy atom. The summed E-state index contributed by atoms with van der Waals surface area (Å²) in [4.78, 5) is 15.3. The number of nitrogens with one attached hydrogen (secondary N) is 2. The molecule has 0 bridgehead atoms. The number of alkyl halides is 3. The molecule has 0 spiro atoms. The predicted molar refractivity (Wildman–Crippen MR) is 68.0 cm³/mol. The average Bonchev–Trinajstić information content (AvgIpc) is 2.97. The van der Waals surface area contributed by atoms with E-state index in [0.29, 0.717) is 0 Å². The summed E-state index contributed by atoms with van der Waals surface area (Å²) < 4.78 is 38.3. The fourth-order valence-electron chi connectivity index (χ4n) is 1.76. The maximum atomic E-state index is 12.8. The van der Waals surface area contributed by atoms with Gasteiger partial charge in [0.15, 0.2) is 5.82 Å². The van der Waals surface area contributed by atoms with Gasteiger partial charge in [0.1, 0.15) is 12.4 Å². The zero-order chi connectivity index (χ0) is 15.5. The summed E-state index contributed by atoms with van der Waals surface area (Å²) in [7, 11) is 0. The van der Waals surface area contributed by atoms with Crippen LogP contribution in [0.15, 0.2) is 43.2 Å². The van der Waals surface area contributed by atoms with Gasteiger partial charge in [-0.25, -0.2) is 4.98 Å². The zero-order valence-electron chi connectivity index (χ0n) is 10.7. The lowest BCUT2D eigenvalue weighted by molar-refractivity contribution is -0.137. The summed E-state index contributed by atoms with van der Waals surface area (Å²) in [5.74, 6) is -0.307. The highest BCUT2D eigenvalue weighted by Crippen LogP contribution is 2.31. The van der Waals surface area contributed by atoms with Crippen molar-refractivity contribution in [2.45, 2.75) is 12.2 Å². The Kier molecular flexibility index (Phi) is 4.06. The molecule has 0 saturated heterocycles. The van der Waals surface area contributed by atoms with Gasteiger partial charge in [0.25, 0.3) is 0 Å². The summed E-state index contributed by atoms with van der Waals surface area (Å²) in [5, 5.41) is 8.68. The predicted octanol–water partition coefficient (Wildman–Crippen LogP) is 2.22. The Balaban J connectivity index is 2.42. The van der Waals surface area contributed by atoms with E-state index in [1.807, 2.05) is 0 Å². The lowest BCUT2D eigenvalue weighted by atomic mass is 10.0. The van der Waals surface area contributed by atoms with Crippen LogP contribution in [-0.2, 0) is 11.0 Å². The van der Waals surface area contributed by atoms with Crippen LogP contribution in [0.2, 0.25) is 0 Å². The number of rotatable bonds is 4. The summed E-state index contributed by atoms with van der Waals surface area (Å²) in [5.41, 5.74) is -0.575. The average molecular weight is 296 g/mol. The van der Waals surface area contributed by atoms with E-state index in [1.54, 1.807) is 0 Å². The molecule has 0 unspecified atom stereocenters. The molecule has 110 valence electrons. The SMILES string of the molecule is C=CC(=O)N[C@@H](c1cccc(C(F)(F)F)c1)c1ncn[nH]1. The standard InChI is InChI=1S/C13H11F3N4O/c1-2-10(21)19-11(12-17-7-18-20-12)8-4-3-5-9(6-8)13(14,15)16/h2-7,11H,1H2,(H,19,21)(H,17,18,20)/t11-/m0/s1. The first kappa shape index (κ1) is 14.8. The van der Waals surface area contributed by atoms with E-state index in [2.05, 4.69) is 27.1 Å². The molecule has 1 heterocycles. The molecule has 0 fully saturated rings. The van der Waals surface area contributed by atoms with Crippen LogP contribution in [0.1, 0.15) is 23.0 Å². The van der Waals surface area contributed by atoms with Crippen LogP contribution in [0.25, 0.3) is 0 Å². The van der Waals surface area contributed by atoms with E-state index in [1.165, 1.54) is 18.5 Å². The maximum Gasteiger partial charge on any atom is 0.416 e. The van der Waals surface area contributed by atoms with Crippen molar-refractivity contribution in [2.75, 3.05) is 0 Å². The minimum Gasteiger partial charge on any atom is -0.338 e. The Hall–Kier alpha value is -2.64. The Bertz CT molecular complexity index is 637. The third-order valence-electron chi connectivity index (χ3n) is 2.73. The second-order valence-corrected chi connectivity index (χ2v) is 4.14. The first-order chi connectivity index (χ1) is 9.91. The molecule has 0 saturated carbocycles. The second kappa shape index (κ2) is 5.78. The van der Waals surface area contributed by atoms with Gasteiger partial charge >= 0.3 is 6.18 Å². The number of aromatic amines is 1. The second-order valence-electron chi connectivity index (χ2n) is 4.14. The number of carbonyl (C=O) groups is 1. The highest BCUT2D eigenvalue weighted by Gasteiger charge is 2.31. The largest absolute Gasteiger partial charge is 0.416 e. The molecular formula is C13H11F3N4O. The van der Waals surface area contributed by atoms with Crippen LogP contribution >= 0.6 is 0 Å². The number of nitrogens with zero attached hydrogens (tertiary/aromatic N) is 2. The van der Waals surface area contributed by atoms with E-state index in [-0.39, 0.29) is 11.4 Å². The Morgan fingerprint density at radius 1 is 1.43 bits per heavy atom. The number of amides is 1. The number of H-pyrrole nitrogens is 1. The van der Waals surface area contributed by atoms with Crippen molar-refractivity contribution in [3.05, 3.63) is 60.2 Å². The summed E-state index contributed by atoms with van der Waals surface area (Å²) in [6, 6.07) is 3.76. The number of halogens is 3. The van der Waals surface area contributed by atoms with Gasteiger partial charge < -0.3 is 5.32 Å². The van der Waals surface area contributed by atoms with Crippen LogP contribution in [-0.4, -0.2) is 21.1 Å². The van der Waals surface area contributed by atoms with E-state index in [0.717, 1.165) is 18.2 Å². The molecule has 1 aromatic carbocycles. The fraction of sp³-hybridized carbons (Fsp3) is 0.154. The minimum atomic E-state index is -4.47. The molecule has 1 aromatic heterocycles. The van der Waals surface area contributed by atoms with Gasteiger partial charge in [-0.3, -0.25) is 9.89 Å². The van der Waals surface area contributed by atoms with E-state index in [9.17, 15) is 18.0 Å². The van der Waals surface area contributed by atoms with E-state index in [4.69, 9.17) is 0 Å². The number of hydrogen-bond acceptors (Lipinski definition) is 3. The van der Waals surface area contributed by atoms with Crippen molar-refractivity contribution >= 4 is 5.91 Å². The minimum absolute atomic E-state index is 0.226. The number of hydrogen-bond donors (Lipinski definition) is 2. The molecule has 8 heteroatoms. The molecule has 5 nitrogen and oxygen atoms in total. The molecule has 21 heavy (non-hydrogen) atoms. The molecule has 2 N–H and O–H groups in total. The number of carbonyl (C=O) groups excluding carboxylic acids is 1. The van der Waals surface area contributed by atoms with Gasteiger partial charge in [-0.15, -0.1) is 0 Å². The van der Waals surface area contributed by atoms with Gasteiger partial charge in [0.2, 0.25) is 5.91 Å². The molecule has 1 amide bonds. The Labute approximate surface area is 117 Å². The lowest BCUT2D eigenvalue weighted by Crippen LogP contribution is -2.28. The van der Waals surface area contributed by atoms with Crippen molar-refractivity contribution in [1.82, 2.24) is 20.5 Å². The number of benzene rings is 1. The van der Waals surface area contributed by atoms with E-state index >= 15 is 0 Å². The third-order valence-corrected chi connectivity index (χ3v) is 2.73. The lowest BCUT2D eigenvalue weighted by Gasteiger charge is -2.17. The molecule has 2 aromatic rings. The van der Waals surface area contributed by atoms with Crippen molar-refractivity contribution in [3.63, 3.8) is 0 Å². The van der Waals surface area contributed by atoms with Crippen molar-refractivity contribution in [2.24, 2.45) is 0 Å². The monoisotopic (exact) mass is 296 g/mol. The fourth-order valence-corrected chi connectivity index (χ4v) is 1.76. The molecule has 0 aliphatic carbocycles. The van der Waals surface area contributed by atoms with Crippen molar-refractivity contribution < 1.29 is 18.0 Å².